The molecule has 1 aliphatic rings. The van der Waals surface area contributed by atoms with Gasteiger partial charge in [0.05, 0.1) is 6.42 Å². The van der Waals surface area contributed by atoms with Crippen molar-refractivity contribution in [1.29, 1.82) is 0 Å². The summed E-state index contributed by atoms with van der Waals surface area (Å²) >= 11 is 0. The highest BCUT2D eigenvalue weighted by Crippen LogP contribution is 2.33. The van der Waals surface area contributed by atoms with Gasteiger partial charge in [0.25, 0.3) is 0 Å². The van der Waals surface area contributed by atoms with E-state index >= 15 is 0 Å². The maximum Gasteiger partial charge on any atom is 0.332 e. The van der Waals surface area contributed by atoms with Crippen molar-refractivity contribution >= 4 is 17.7 Å². The van der Waals surface area contributed by atoms with Crippen LogP contribution in [-0.4, -0.2) is 27.9 Å². The van der Waals surface area contributed by atoms with Gasteiger partial charge >= 0.3 is 11.9 Å². The second kappa shape index (κ2) is 10.0. The van der Waals surface area contributed by atoms with Gasteiger partial charge in [-0.2, -0.15) is 0 Å². The summed E-state index contributed by atoms with van der Waals surface area (Å²) < 4.78 is 0. The third kappa shape index (κ3) is 6.35. The fraction of sp³-hybridized carbons (Fsp3) is 0.500. The topological polar surface area (TPSA) is 91.7 Å². The smallest absolute Gasteiger partial charge is 0.332 e. The molecule has 1 fully saturated rings. The Bertz CT molecular complexity index is 707. The molecule has 1 aliphatic carbocycles. The van der Waals surface area contributed by atoms with E-state index in [1.54, 1.807) is 12.1 Å². The monoisotopic (exact) mass is 372 g/mol. The number of aryl methyl sites for hydroxylation is 1. The maximum atomic E-state index is 12.8. The molecule has 0 heterocycles. The number of carbonyl (C=O) groups is 3. The molecule has 2 rings (SSSR count). The molecule has 146 valence electrons. The largest absolute Gasteiger partial charge is 0.481 e. The van der Waals surface area contributed by atoms with Crippen LogP contribution < -0.4 is 0 Å². The Hall–Kier alpha value is -2.43. The number of benzene rings is 1. The van der Waals surface area contributed by atoms with Crippen LogP contribution in [0, 0.1) is 12.8 Å². The lowest BCUT2D eigenvalue weighted by molar-refractivity contribution is -0.139. The van der Waals surface area contributed by atoms with Gasteiger partial charge < -0.3 is 10.2 Å². The highest BCUT2D eigenvalue weighted by molar-refractivity contribution is 6.00. The summed E-state index contributed by atoms with van der Waals surface area (Å²) in [6, 6.07) is 7.18. The highest BCUT2D eigenvalue weighted by atomic mass is 16.4. The minimum Gasteiger partial charge on any atom is -0.481 e. The molecule has 1 aromatic rings. The van der Waals surface area contributed by atoms with E-state index in [1.165, 1.54) is 6.42 Å². The van der Waals surface area contributed by atoms with E-state index in [1.807, 2.05) is 19.1 Å². The average molecular weight is 372 g/mol. The van der Waals surface area contributed by atoms with Gasteiger partial charge in [-0.3, -0.25) is 9.59 Å². The first-order valence-corrected chi connectivity index (χ1v) is 9.65. The van der Waals surface area contributed by atoms with Crippen molar-refractivity contribution in [2.45, 2.75) is 64.7 Å². The van der Waals surface area contributed by atoms with Gasteiger partial charge in [-0.1, -0.05) is 61.9 Å². The Balaban J connectivity index is 2.37. The number of ketones is 1. The molecular weight excluding hydrogens is 344 g/mol. The lowest BCUT2D eigenvalue weighted by atomic mass is 9.80. The molecule has 0 aromatic heterocycles. The number of carboxylic acids is 2. The molecule has 0 radical (unpaired) electrons. The Kier molecular flexibility index (Phi) is 7.77. The molecule has 0 atom stereocenters. The van der Waals surface area contributed by atoms with E-state index in [-0.39, 0.29) is 23.7 Å². The average Bonchev–Trinajstić information content (AvgIpc) is 2.58. The van der Waals surface area contributed by atoms with Gasteiger partial charge in [-0.25, -0.2) is 4.79 Å². The van der Waals surface area contributed by atoms with Crippen LogP contribution in [0.1, 0.15) is 73.7 Å². The molecule has 0 bridgehead atoms. The second-order valence-electron chi connectivity index (χ2n) is 7.39. The zero-order valence-corrected chi connectivity index (χ0v) is 15.9. The molecule has 0 saturated heterocycles. The van der Waals surface area contributed by atoms with E-state index in [0.29, 0.717) is 11.1 Å². The molecule has 1 aromatic carbocycles. The van der Waals surface area contributed by atoms with E-state index in [9.17, 15) is 24.6 Å². The van der Waals surface area contributed by atoms with Crippen LogP contribution in [0.5, 0.6) is 0 Å². The second-order valence-corrected chi connectivity index (χ2v) is 7.39. The molecule has 0 amide bonds. The predicted molar refractivity (Wildman–Crippen MR) is 103 cm³/mol. The Morgan fingerprint density at radius 1 is 0.889 bits per heavy atom. The summed E-state index contributed by atoms with van der Waals surface area (Å²) in [5, 5.41) is 18.8. The molecular formula is C22H28O5. The first-order valence-electron chi connectivity index (χ1n) is 9.65. The van der Waals surface area contributed by atoms with Crippen molar-refractivity contribution in [3.8, 4) is 0 Å². The minimum atomic E-state index is -1.23. The van der Waals surface area contributed by atoms with Crippen LogP contribution in [0.25, 0.3) is 0 Å². The molecule has 0 aliphatic heterocycles. The van der Waals surface area contributed by atoms with Crippen molar-refractivity contribution in [1.82, 2.24) is 0 Å². The number of allylic oxidation sites excluding steroid dienone is 1. The number of aliphatic carboxylic acids is 2. The number of Topliss-reactive ketones (excluding diaryl/α,β-unsaturated/α-hetero) is 1. The van der Waals surface area contributed by atoms with Crippen molar-refractivity contribution < 1.29 is 24.6 Å². The zero-order chi connectivity index (χ0) is 19.8. The van der Waals surface area contributed by atoms with Crippen LogP contribution in [0.15, 0.2) is 35.4 Å². The SMILES string of the molecule is Cc1ccc(C(=O)CC(=C(CC(=O)O)C(=O)O)C2CCCCCCC2)cc1. The molecule has 1 saturated carbocycles. The summed E-state index contributed by atoms with van der Waals surface area (Å²) in [7, 11) is 0. The molecule has 27 heavy (non-hydrogen) atoms. The molecule has 2 N–H and O–H groups in total. The van der Waals surface area contributed by atoms with Gasteiger partial charge in [0.2, 0.25) is 0 Å². The third-order valence-electron chi connectivity index (χ3n) is 5.30. The fourth-order valence-corrected chi connectivity index (χ4v) is 3.79. The van der Waals surface area contributed by atoms with Crippen molar-refractivity contribution in [3.63, 3.8) is 0 Å². The number of carboxylic acid groups (broad SMARTS) is 2. The van der Waals surface area contributed by atoms with Gasteiger partial charge in [-0.05, 0) is 31.3 Å². The number of rotatable bonds is 7. The molecule has 5 heteroatoms. The number of carbonyl (C=O) groups excluding carboxylic acids is 1. The van der Waals surface area contributed by atoms with Gasteiger partial charge in [0, 0.05) is 17.6 Å². The third-order valence-corrected chi connectivity index (χ3v) is 5.30. The first-order chi connectivity index (χ1) is 12.9. The van der Waals surface area contributed by atoms with Crippen LogP contribution in [-0.2, 0) is 9.59 Å². The maximum absolute atomic E-state index is 12.8. The minimum absolute atomic E-state index is 0.0252. The van der Waals surface area contributed by atoms with E-state index in [0.717, 1.165) is 44.1 Å². The van der Waals surface area contributed by atoms with E-state index in [4.69, 9.17) is 0 Å². The summed E-state index contributed by atoms with van der Waals surface area (Å²) in [6.45, 7) is 1.93. The van der Waals surface area contributed by atoms with Crippen LogP contribution in [0.2, 0.25) is 0 Å². The predicted octanol–water partition coefficient (Wildman–Crippen LogP) is 4.78. The summed E-state index contributed by atoms with van der Waals surface area (Å²) in [6.07, 6.45) is 6.37. The van der Waals surface area contributed by atoms with E-state index < -0.39 is 18.4 Å². The lowest BCUT2D eigenvalue weighted by Crippen LogP contribution is -2.18. The number of hydrogen-bond donors (Lipinski definition) is 2. The molecule has 0 spiro atoms. The van der Waals surface area contributed by atoms with Gasteiger partial charge in [0.15, 0.2) is 5.78 Å². The first kappa shape index (κ1) is 20.9. The fourth-order valence-electron chi connectivity index (χ4n) is 3.79. The summed E-state index contributed by atoms with van der Waals surface area (Å²) in [5.41, 5.74) is 1.97. The highest BCUT2D eigenvalue weighted by Gasteiger charge is 2.26. The van der Waals surface area contributed by atoms with E-state index in [2.05, 4.69) is 0 Å². The Morgan fingerprint density at radius 2 is 1.44 bits per heavy atom. The van der Waals surface area contributed by atoms with Crippen molar-refractivity contribution in [2.24, 2.45) is 5.92 Å². The quantitative estimate of drug-likeness (QED) is 0.531. The lowest BCUT2D eigenvalue weighted by Gasteiger charge is -2.24. The van der Waals surface area contributed by atoms with Gasteiger partial charge in [0.1, 0.15) is 0 Å². The van der Waals surface area contributed by atoms with Crippen LogP contribution in [0.3, 0.4) is 0 Å². The normalized spacial score (nSPS) is 16.8. The van der Waals surface area contributed by atoms with Crippen LogP contribution in [0.4, 0.5) is 0 Å². The Labute approximate surface area is 160 Å². The molecule has 0 unspecified atom stereocenters. The van der Waals surface area contributed by atoms with Gasteiger partial charge in [-0.15, -0.1) is 0 Å². The summed E-state index contributed by atoms with van der Waals surface area (Å²) in [5.74, 6) is -2.61. The number of hydrogen-bond acceptors (Lipinski definition) is 3. The molecule has 5 nitrogen and oxygen atoms in total. The standard InChI is InChI=1S/C22H28O5/c1-15-9-11-17(12-10-15)20(23)13-18(19(22(26)27)14-21(24)25)16-7-5-3-2-4-6-8-16/h9-12,16H,2-8,13-14H2,1H3,(H,24,25)(H,26,27). The van der Waals surface area contributed by atoms with Crippen molar-refractivity contribution in [3.05, 3.63) is 46.5 Å². The Morgan fingerprint density at radius 3 is 1.96 bits per heavy atom. The van der Waals surface area contributed by atoms with Crippen molar-refractivity contribution in [2.75, 3.05) is 0 Å². The zero-order valence-electron chi connectivity index (χ0n) is 15.9. The van der Waals surface area contributed by atoms with Crippen LogP contribution >= 0.6 is 0 Å². The summed E-state index contributed by atoms with van der Waals surface area (Å²) in [4.78, 5) is 35.8.